The molecule has 1 aromatic rings. The molecule has 1 heterocycles. The molecule has 3 atom stereocenters. The normalized spacial score (nSPS) is 32.8. The number of aliphatic hydroxyl groups excluding tert-OH is 1. The summed E-state index contributed by atoms with van der Waals surface area (Å²) < 4.78 is 0. The number of carbonyl (C=O) groups is 1. The van der Waals surface area contributed by atoms with E-state index in [1.54, 1.807) is 4.90 Å². The lowest BCUT2D eigenvalue weighted by atomic mass is 9.94. The Hall–Kier alpha value is -1.35. The second-order valence-electron chi connectivity index (χ2n) is 6.62. The number of nitrogens with zero attached hydrogens (tertiary/aromatic N) is 1. The molecule has 1 aliphatic heterocycles. The van der Waals surface area contributed by atoms with E-state index in [0.717, 1.165) is 29.5 Å². The molecule has 0 spiro atoms. The zero-order valence-electron chi connectivity index (χ0n) is 11.9. The van der Waals surface area contributed by atoms with E-state index < -0.39 is 0 Å². The lowest BCUT2D eigenvalue weighted by molar-refractivity contribution is -0.118. The molecule has 3 heteroatoms. The van der Waals surface area contributed by atoms with Gasteiger partial charge in [0.15, 0.2) is 0 Å². The molecule has 2 aliphatic carbocycles. The summed E-state index contributed by atoms with van der Waals surface area (Å²) in [5.74, 6) is 2.21. The Labute approximate surface area is 119 Å². The minimum atomic E-state index is -0.307. The van der Waals surface area contributed by atoms with Crippen LogP contribution in [0.2, 0.25) is 0 Å². The van der Waals surface area contributed by atoms with Crippen LogP contribution < -0.4 is 4.90 Å². The first-order valence-corrected chi connectivity index (χ1v) is 7.74. The second-order valence-corrected chi connectivity index (χ2v) is 6.62. The van der Waals surface area contributed by atoms with Gasteiger partial charge in [0.25, 0.3) is 0 Å². The van der Waals surface area contributed by atoms with Crippen LogP contribution in [-0.4, -0.2) is 18.1 Å². The average Bonchev–Trinajstić information content (AvgIpc) is 2.94. The Morgan fingerprint density at radius 2 is 2.00 bits per heavy atom. The minimum absolute atomic E-state index is 0.183. The molecule has 3 nitrogen and oxygen atoms in total. The molecule has 4 rings (SSSR count). The first-order chi connectivity index (χ1) is 9.66. The highest BCUT2D eigenvalue weighted by atomic mass is 16.3. The van der Waals surface area contributed by atoms with Gasteiger partial charge in [0.2, 0.25) is 5.91 Å². The minimum Gasteiger partial charge on any atom is -0.388 e. The van der Waals surface area contributed by atoms with Crippen LogP contribution in [0.3, 0.4) is 0 Å². The van der Waals surface area contributed by atoms with Crippen molar-refractivity contribution in [2.24, 2.45) is 17.8 Å². The Morgan fingerprint density at radius 3 is 2.75 bits per heavy atom. The Balaban J connectivity index is 1.59. The monoisotopic (exact) mass is 271 g/mol. The molecule has 0 bridgehead atoms. The molecule has 1 aromatic carbocycles. The predicted octanol–water partition coefficient (Wildman–Crippen LogP) is 2.68. The fourth-order valence-electron chi connectivity index (χ4n) is 4.43. The van der Waals surface area contributed by atoms with Crippen LogP contribution in [-0.2, 0) is 11.2 Å². The molecule has 3 aliphatic rings. The van der Waals surface area contributed by atoms with E-state index in [2.05, 4.69) is 6.07 Å². The number of hydrogen-bond donors (Lipinski definition) is 1. The molecular weight excluding hydrogens is 250 g/mol. The molecule has 20 heavy (non-hydrogen) atoms. The Kier molecular flexibility index (Phi) is 2.68. The van der Waals surface area contributed by atoms with Crippen LogP contribution in [0, 0.1) is 17.8 Å². The van der Waals surface area contributed by atoms with Crippen LogP contribution in [0.25, 0.3) is 0 Å². The van der Waals surface area contributed by atoms with Gasteiger partial charge in [-0.15, -0.1) is 0 Å². The van der Waals surface area contributed by atoms with Gasteiger partial charge in [0, 0.05) is 19.2 Å². The summed E-state index contributed by atoms with van der Waals surface area (Å²) in [5.41, 5.74) is 3.26. The van der Waals surface area contributed by atoms with E-state index in [1.165, 1.54) is 24.8 Å². The van der Waals surface area contributed by atoms with Crippen molar-refractivity contribution in [1.82, 2.24) is 0 Å². The summed E-state index contributed by atoms with van der Waals surface area (Å²) >= 11 is 0. The van der Waals surface area contributed by atoms with Crippen molar-refractivity contribution in [2.45, 2.75) is 38.2 Å². The molecular formula is C17H21NO2. The third-order valence-corrected chi connectivity index (χ3v) is 5.63. The van der Waals surface area contributed by atoms with Gasteiger partial charge in [-0.05, 0) is 54.2 Å². The number of anilines is 1. The molecule has 2 fully saturated rings. The van der Waals surface area contributed by atoms with E-state index in [9.17, 15) is 9.90 Å². The van der Waals surface area contributed by atoms with E-state index in [4.69, 9.17) is 0 Å². The molecule has 2 saturated carbocycles. The van der Waals surface area contributed by atoms with E-state index in [1.807, 2.05) is 19.2 Å². The van der Waals surface area contributed by atoms with Gasteiger partial charge >= 0.3 is 0 Å². The highest BCUT2D eigenvalue weighted by Gasteiger charge is 2.55. The highest BCUT2D eigenvalue weighted by Crippen LogP contribution is 2.62. The van der Waals surface area contributed by atoms with Gasteiger partial charge in [-0.1, -0.05) is 18.6 Å². The van der Waals surface area contributed by atoms with Crippen LogP contribution in [0.4, 0.5) is 5.69 Å². The molecule has 0 saturated heterocycles. The second kappa shape index (κ2) is 4.32. The van der Waals surface area contributed by atoms with Crippen LogP contribution >= 0.6 is 0 Å². The van der Waals surface area contributed by atoms with Crippen molar-refractivity contribution in [2.75, 3.05) is 11.9 Å². The lowest BCUT2D eigenvalue weighted by Gasteiger charge is -2.27. The molecule has 1 amide bonds. The van der Waals surface area contributed by atoms with Crippen molar-refractivity contribution in [3.8, 4) is 0 Å². The smallest absolute Gasteiger partial charge is 0.227 e. The van der Waals surface area contributed by atoms with Crippen molar-refractivity contribution in [3.63, 3.8) is 0 Å². The third kappa shape index (κ3) is 1.72. The number of rotatable bonds is 2. The maximum absolute atomic E-state index is 11.7. The van der Waals surface area contributed by atoms with E-state index in [0.29, 0.717) is 12.3 Å². The van der Waals surface area contributed by atoms with Gasteiger partial charge in [0.05, 0.1) is 6.10 Å². The predicted molar refractivity (Wildman–Crippen MR) is 77.5 cm³/mol. The van der Waals surface area contributed by atoms with Crippen LogP contribution in [0.5, 0.6) is 0 Å². The van der Waals surface area contributed by atoms with Crippen molar-refractivity contribution in [1.29, 1.82) is 0 Å². The van der Waals surface area contributed by atoms with Crippen molar-refractivity contribution >= 4 is 11.6 Å². The van der Waals surface area contributed by atoms with Crippen molar-refractivity contribution in [3.05, 3.63) is 29.3 Å². The van der Waals surface area contributed by atoms with Gasteiger partial charge < -0.3 is 10.0 Å². The van der Waals surface area contributed by atoms with Gasteiger partial charge in [-0.25, -0.2) is 0 Å². The fraction of sp³-hybridized carbons (Fsp3) is 0.588. The van der Waals surface area contributed by atoms with Gasteiger partial charge in [0.1, 0.15) is 0 Å². The number of aliphatic hydroxyl groups is 1. The zero-order chi connectivity index (χ0) is 13.9. The topological polar surface area (TPSA) is 40.5 Å². The van der Waals surface area contributed by atoms with Crippen LogP contribution in [0.1, 0.15) is 42.9 Å². The molecule has 0 radical (unpaired) electrons. The third-order valence-electron chi connectivity index (χ3n) is 5.63. The summed E-state index contributed by atoms with van der Waals surface area (Å²) in [5, 5.41) is 10.6. The summed E-state index contributed by atoms with van der Waals surface area (Å²) in [6, 6.07) is 6.13. The number of fused-ring (bicyclic) bond motifs is 2. The van der Waals surface area contributed by atoms with Crippen LogP contribution in [0.15, 0.2) is 18.2 Å². The van der Waals surface area contributed by atoms with Gasteiger partial charge in [-0.2, -0.15) is 0 Å². The number of aryl methyl sites for hydroxylation is 1. The standard InChI is InChI=1S/C17H21NO2/c1-18-14-7-5-11(9-10(14)6-8-15(18)19)17(20)16-12-3-2-4-13(12)16/h5,7,9,12-13,16-17,20H,2-4,6,8H2,1H3. The summed E-state index contributed by atoms with van der Waals surface area (Å²) in [7, 11) is 1.84. The van der Waals surface area contributed by atoms with Crippen molar-refractivity contribution < 1.29 is 9.90 Å². The zero-order valence-corrected chi connectivity index (χ0v) is 11.9. The number of benzene rings is 1. The lowest BCUT2D eigenvalue weighted by Crippen LogP contribution is -2.31. The fourth-order valence-corrected chi connectivity index (χ4v) is 4.43. The first kappa shape index (κ1) is 12.4. The SMILES string of the molecule is CN1C(=O)CCc2cc(C(O)C3C4CCCC43)ccc21. The molecule has 0 aromatic heterocycles. The summed E-state index contributed by atoms with van der Waals surface area (Å²) in [6.45, 7) is 0. The maximum atomic E-state index is 11.7. The summed E-state index contributed by atoms with van der Waals surface area (Å²) in [4.78, 5) is 13.4. The number of carbonyl (C=O) groups excluding carboxylic acids is 1. The number of amides is 1. The Morgan fingerprint density at radius 1 is 1.25 bits per heavy atom. The Bertz CT molecular complexity index is 558. The first-order valence-electron chi connectivity index (χ1n) is 7.74. The number of hydrogen-bond acceptors (Lipinski definition) is 2. The largest absolute Gasteiger partial charge is 0.388 e. The quantitative estimate of drug-likeness (QED) is 0.898. The molecule has 106 valence electrons. The van der Waals surface area contributed by atoms with E-state index in [-0.39, 0.29) is 12.0 Å². The molecule has 3 unspecified atom stereocenters. The summed E-state index contributed by atoms with van der Waals surface area (Å²) in [6.07, 6.45) is 5.02. The molecule has 1 N–H and O–H groups in total. The average molecular weight is 271 g/mol. The van der Waals surface area contributed by atoms with Gasteiger partial charge in [-0.3, -0.25) is 4.79 Å². The van der Waals surface area contributed by atoms with E-state index >= 15 is 0 Å². The highest BCUT2D eigenvalue weighted by molar-refractivity contribution is 5.95. The maximum Gasteiger partial charge on any atom is 0.227 e.